The third-order valence-corrected chi connectivity index (χ3v) is 3.41. The number of likely N-dealkylation sites (tertiary alicyclic amines) is 1. The van der Waals surface area contributed by atoms with Crippen LogP contribution in [0.3, 0.4) is 0 Å². The normalized spacial score (nSPS) is 28.3. The Labute approximate surface area is 88.8 Å². The maximum Gasteiger partial charge on any atom is 0.0168 e. The topological polar surface area (TPSA) is 29.3 Å². The highest BCUT2D eigenvalue weighted by Crippen LogP contribution is 2.27. The van der Waals surface area contributed by atoms with Gasteiger partial charge in [0.1, 0.15) is 0 Å². The van der Waals surface area contributed by atoms with Gasteiger partial charge in [-0.15, -0.1) is 0 Å². The van der Waals surface area contributed by atoms with Crippen LogP contribution in [0.15, 0.2) is 0 Å². The third kappa shape index (κ3) is 3.25. The van der Waals surface area contributed by atoms with Crippen molar-refractivity contribution in [3.63, 3.8) is 0 Å². The number of rotatable bonds is 3. The van der Waals surface area contributed by atoms with Crippen LogP contribution in [-0.2, 0) is 0 Å². The van der Waals surface area contributed by atoms with E-state index in [0.29, 0.717) is 11.6 Å². The van der Waals surface area contributed by atoms with Gasteiger partial charge in [0.05, 0.1) is 0 Å². The standard InChI is InChI=1S/C12H26N2/c1-10(2)6-8-14-9-11(13)5-7-12(14,3)4/h10-11H,5-9,13H2,1-4H3. The molecule has 1 aliphatic heterocycles. The molecule has 1 saturated heterocycles. The van der Waals surface area contributed by atoms with Crippen LogP contribution in [0.2, 0.25) is 0 Å². The van der Waals surface area contributed by atoms with E-state index in [1.54, 1.807) is 0 Å². The van der Waals surface area contributed by atoms with E-state index >= 15 is 0 Å². The van der Waals surface area contributed by atoms with Crippen LogP contribution in [0.25, 0.3) is 0 Å². The minimum atomic E-state index is 0.366. The molecule has 2 nitrogen and oxygen atoms in total. The van der Waals surface area contributed by atoms with Crippen LogP contribution in [-0.4, -0.2) is 29.6 Å². The van der Waals surface area contributed by atoms with Crippen LogP contribution in [0.5, 0.6) is 0 Å². The minimum absolute atomic E-state index is 0.366. The second kappa shape index (κ2) is 4.63. The molecule has 0 bridgehead atoms. The van der Waals surface area contributed by atoms with E-state index in [9.17, 15) is 0 Å². The van der Waals surface area contributed by atoms with Crippen LogP contribution >= 0.6 is 0 Å². The van der Waals surface area contributed by atoms with Gasteiger partial charge >= 0.3 is 0 Å². The molecule has 0 aliphatic carbocycles. The van der Waals surface area contributed by atoms with Gasteiger partial charge in [0.25, 0.3) is 0 Å². The lowest BCUT2D eigenvalue weighted by molar-refractivity contribution is 0.0618. The molecule has 1 aliphatic rings. The molecule has 1 heterocycles. The lowest BCUT2D eigenvalue weighted by Crippen LogP contribution is -2.54. The van der Waals surface area contributed by atoms with Crippen LogP contribution in [0.4, 0.5) is 0 Å². The van der Waals surface area contributed by atoms with Crippen molar-refractivity contribution in [2.45, 2.75) is 58.5 Å². The summed E-state index contributed by atoms with van der Waals surface area (Å²) in [6.45, 7) is 11.6. The second-order valence-corrected chi connectivity index (χ2v) is 5.74. The van der Waals surface area contributed by atoms with Crippen molar-refractivity contribution in [2.75, 3.05) is 13.1 Å². The molecular weight excluding hydrogens is 172 g/mol. The molecule has 84 valence electrons. The number of piperidine rings is 1. The molecular formula is C12H26N2. The number of hydrogen-bond acceptors (Lipinski definition) is 2. The van der Waals surface area contributed by atoms with Gasteiger partial charge in [0, 0.05) is 18.1 Å². The summed E-state index contributed by atoms with van der Waals surface area (Å²) in [4.78, 5) is 2.57. The zero-order valence-corrected chi connectivity index (χ0v) is 10.2. The van der Waals surface area contributed by atoms with E-state index in [2.05, 4.69) is 32.6 Å². The quantitative estimate of drug-likeness (QED) is 0.753. The van der Waals surface area contributed by atoms with E-state index in [0.717, 1.165) is 12.5 Å². The second-order valence-electron chi connectivity index (χ2n) is 5.74. The first-order valence-corrected chi connectivity index (χ1v) is 5.92. The zero-order valence-electron chi connectivity index (χ0n) is 10.2. The van der Waals surface area contributed by atoms with Crippen molar-refractivity contribution in [3.05, 3.63) is 0 Å². The molecule has 0 spiro atoms. The first-order valence-electron chi connectivity index (χ1n) is 5.92. The summed E-state index contributed by atoms with van der Waals surface area (Å²) >= 11 is 0. The Morgan fingerprint density at radius 1 is 1.43 bits per heavy atom. The van der Waals surface area contributed by atoms with Crippen LogP contribution < -0.4 is 5.73 Å². The average Bonchev–Trinajstić information content (AvgIpc) is 2.07. The highest BCUT2D eigenvalue weighted by Gasteiger charge is 2.32. The lowest BCUT2D eigenvalue weighted by Gasteiger charge is -2.45. The smallest absolute Gasteiger partial charge is 0.0168 e. The van der Waals surface area contributed by atoms with Gasteiger partial charge in [-0.3, -0.25) is 4.90 Å². The fourth-order valence-corrected chi connectivity index (χ4v) is 2.13. The monoisotopic (exact) mass is 198 g/mol. The van der Waals surface area contributed by atoms with Crippen molar-refractivity contribution >= 4 is 0 Å². The number of hydrogen-bond donors (Lipinski definition) is 1. The molecule has 1 rings (SSSR count). The Hall–Kier alpha value is -0.0800. The average molecular weight is 198 g/mol. The molecule has 2 heteroatoms. The minimum Gasteiger partial charge on any atom is -0.327 e. The van der Waals surface area contributed by atoms with Crippen molar-refractivity contribution < 1.29 is 0 Å². The first-order chi connectivity index (χ1) is 6.42. The molecule has 0 radical (unpaired) electrons. The molecule has 0 saturated carbocycles. The molecule has 1 fully saturated rings. The van der Waals surface area contributed by atoms with Gasteiger partial charge in [0.15, 0.2) is 0 Å². The summed E-state index contributed by atoms with van der Waals surface area (Å²) in [5, 5.41) is 0. The molecule has 1 atom stereocenters. The van der Waals surface area contributed by atoms with Crippen molar-refractivity contribution in [1.29, 1.82) is 0 Å². The highest BCUT2D eigenvalue weighted by molar-refractivity contribution is 4.90. The van der Waals surface area contributed by atoms with Gasteiger partial charge in [-0.1, -0.05) is 13.8 Å². The first kappa shape index (κ1) is 12.0. The molecule has 1 unspecified atom stereocenters. The fraction of sp³-hybridized carbons (Fsp3) is 1.00. The predicted octanol–water partition coefficient (Wildman–Crippen LogP) is 2.23. The fourth-order valence-electron chi connectivity index (χ4n) is 2.13. The zero-order chi connectivity index (χ0) is 10.8. The van der Waals surface area contributed by atoms with Crippen molar-refractivity contribution in [1.82, 2.24) is 4.90 Å². The molecule has 0 aromatic heterocycles. The Kier molecular flexibility index (Phi) is 3.96. The number of nitrogens with two attached hydrogens (primary N) is 1. The predicted molar refractivity (Wildman–Crippen MR) is 62.3 cm³/mol. The van der Waals surface area contributed by atoms with Gasteiger partial charge in [-0.25, -0.2) is 0 Å². The summed E-state index contributed by atoms with van der Waals surface area (Å²) in [5.74, 6) is 0.795. The maximum atomic E-state index is 6.01. The molecule has 0 aromatic carbocycles. The van der Waals surface area contributed by atoms with Crippen molar-refractivity contribution in [3.8, 4) is 0 Å². The molecule has 2 N–H and O–H groups in total. The van der Waals surface area contributed by atoms with E-state index in [1.807, 2.05) is 0 Å². The molecule has 0 amide bonds. The summed E-state index contributed by atoms with van der Waals surface area (Å²) in [6.07, 6.45) is 3.72. The Morgan fingerprint density at radius 2 is 2.07 bits per heavy atom. The van der Waals surface area contributed by atoms with Crippen LogP contribution in [0.1, 0.15) is 47.0 Å². The number of nitrogens with zero attached hydrogens (tertiary/aromatic N) is 1. The highest BCUT2D eigenvalue weighted by atomic mass is 15.2. The summed E-state index contributed by atoms with van der Waals surface area (Å²) < 4.78 is 0. The van der Waals surface area contributed by atoms with Gasteiger partial charge in [-0.2, -0.15) is 0 Å². The van der Waals surface area contributed by atoms with E-state index in [1.165, 1.54) is 25.8 Å². The third-order valence-electron chi connectivity index (χ3n) is 3.41. The van der Waals surface area contributed by atoms with Gasteiger partial charge in [-0.05, 0) is 45.6 Å². The SMILES string of the molecule is CC(C)CCN1CC(N)CCC1(C)C. The Morgan fingerprint density at radius 3 is 2.64 bits per heavy atom. The molecule has 14 heavy (non-hydrogen) atoms. The lowest BCUT2D eigenvalue weighted by atomic mass is 9.88. The van der Waals surface area contributed by atoms with Gasteiger partial charge < -0.3 is 5.73 Å². The largest absolute Gasteiger partial charge is 0.327 e. The molecule has 0 aromatic rings. The van der Waals surface area contributed by atoms with Crippen LogP contribution in [0, 0.1) is 5.92 Å². The summed E-state index contributed by atoms with van der Waals surface area (Å²) in [7, 11) is 0. The van der Waals surface area contributed by atoms with Gasteiger partial charge in [0.2, 0.25) is 0 Å². The summed E-state index contributed by atoms with van der Waals surface area (Å²) in [5.41, 5.74) is 6.38. The van der Waals surface area contributed by atoms with E-state index in [-0.39, 0.29) is 0 Å². The van der Waals surface area contributed by atoms with E-state index in [4.69, 9.17) is 5.73 Å². The van der Waals surface area contributed by atoms with E-state index < -0.39 is 0 Å². The Bertz CT molecular complexity index is 175. The van der Waals surface area contributed by atoms with Crippen molar-refractivity contribution in [2.24, 2.45) is 11.7 Å². The maximum absolute atomic E-state index is 6.01. The summed E-state index contributed by atoms with van der Waals surface area (Å²) in [6, 6.07) is 0.398. The Balaban J connectivity index is 2.46.